The number of benzene rings is 3. The second kappa shape index (κ2) is 8.54. The average molecular weight is 457 g/mol. The van der Waals surface area contributed by atoms with Crippen molar-refractivity contribution in [1.29, 1.82) is 0 Å². The van der Waals surface area contributed by atoms with Gasteiger partial charge in [0, 0.05) is 15.4 Å². The molecule has 1 amide bonds. The van der Waals surface area contributed by atoms with Crippen LogP contribution in [-0.4, -0.2) is 11.0 Å². The van der Waals surface area contributed by atoms with Gasteiger partial charge in [-0.2, -0.15) is 26.3 Å². The normalized spacial score (nSPS) is 11.9. The van der Waals surface area contributed by atoms with Gasteiger partial charge in [-0.1, -0.05) is 11.8 Å². The molecule has 162 valence electrons. The average Bonchev–Trinajstić information content (AvgIpc) is 2.68. The molecule has 31 heavy (non-hydrogen) atoms. The summed E-state index contributed by atoms with van der Waals surface area (Å²) >= 11 is 1.31. The molecule has 3 aromatic carbocycles. The van der Waals surface area contributed by atoms with Crippen molar-refractivity contribution in [2.45, 2.75) is 22.1 Å². The molecule has 0 bridgehead atoms. The highest BCUT2D eigenvalue weighted by Gasteiger charge is 2.37. The van der Waals surface area contributed by atoms with Gasteiger partial charge >= 0.3 is 12.4 Å². The highest BCUT2D eigenvalue weighted by Crippen LogP contribution is 2.39. The smallest absolute Gasteiger partial charge is 0.418 e. The van der Waals surface area contributed by atoms with E-state index in [1.54, 1.807) is 24.3 Å². The molecule has 0 heterocycles. The Hall–Kier alpha value is -3.14. The highest BCUT2D eigenvalue weighted by molar-refractivity contribution is 7.99. The number of carbonyl (C=O) groups excluding carboxylic acids is 1. The van der Waals surface area contributed by atoms with Gasteiger partial charge in [0.1, 0.15) is 5.75 Å². The standard InChI is InChI=1S/C21H13F6NO2S/c22-20(23,24)13-3-10-17(21(25,26)27)18(11-13)28-19(30)12-1-6-15(7-2-12)31-16-8-4-14(29)5-9-16/h1-11,29H,(H,28,30). The molecule has 0 saturated carbocycles. The van der Waals surface area contributed by atoms with Crippen molar-refractivity contribution in [2.24, 2.45) is 0 Å². The zero-order chi connectivity index (χ0) is 22.8. The van der Waals surface area contributed by atoms with Gasteiger partial charge in [-0.3, -0.25) is 4.79 Å². The van der Waals surface area contributed by atoms with E-state index in [1.807, 2.05) is 5.32 Å². The Morgan fingerprint density at radius 2 is 1.32 bits per heavy atom. The molecule has 3 nitrogen and oxygen atoms in total. The Kier molecular flexibility index (Phi) is 6.21. The maximum Gasteiger partial charge on any atom is 0.418 e. The van der Waals surface area contributed by atoms with Gasteiger partial charge in [0.15, 0.2) is 0 Å². The number of anilines is 1. The molecule has 10 heteroatoms. The predicted octanol–water partition coefficient (Wildman–Crippen LogP) is 6.83. The van der Waals surface area contributed by atoms with Crippen LogP contribution in [0.1, 0.15) is 21.5 Å². The summed E-state index contributed by atoms with van der Waals surface area (Å²) in [4.78, 5) is 13.9. The fourth-order valence-electron chi connectivity index (χ4n) is 2.59. The molecule has 0 fully saturated rings. The third-order valence-corrected chi connectivity index (χ3v) is 5.11. The Morgan fingerprint density at radius 1 is 0.774 bits per heavy atom. The third kappa shape index (κ3) is 5.72. The molecule has 0 aliphatic carbocycles. The van der Waals surface area contributed by atoms with Crippen molar-refractivity contribution >= 4 is 23.4 Å². The number of amides is 1. The zero-order valence-electron chi connectivity index (χ0n) is 15.4. The highest BCUT2D eigenvalue weighted by atomic mass is 32.2. The summed E-state index contributed by atoms with van der Waals surface area (Å²) in [6.45, 7) is 0. The van der Waals surface area contributed by atoms with Gasteiger partial charge in [0.25, 0.3) is 5.91 Å². The van der Waals surface area contributed by atoms with E-state index in [9.17, 15) is 36.2 Å². The number of nitrogens with one attached hydrogen (secondary N) is 1. The van der Waals surface area contributed by atoms with Crippen LogP contribution in [0.3, 0.4) is 0 Å². The van der Waals surface area contributed by atoms with Crippen molar-refractivity contribution in [3.8, 4) is 5.75 Å². The van der Waals surface area contributed by atoms with Gasteiger partial charge in [-0.15, -0.1) is 0 Å². The number of rotatable bonds is 4. The maximum atomic E-state index is 13.2. The number of halogens is 6. The molecule has 3 aromatic rings. The molecular formula is C21H13F6NO2S. The van der Waals surface area contributed by atoms with E-state index < -0.39 is 35.1 Å². The Morgan fingerprint density at radius 3 is 1.84 bits per heavy atom. The molecule has 2 N–H and O–H groups in total. The van der Waals surface area contributed by atoms with Gasteiger partial charge in [0.05, 0.1) is 16.8 Å². The molecule has 0 aliphatic rings. The van der Waals surface area contributed by atoms with Gasteiger partial charge in [-0.25, -0.2) is 0 Å². The van der Waals surface area contributed by atoms with E-state index in [0.29, 0.717) is 11.0 Å². The van der Waals surface area contributed by atoms with E-state index in [-0.39, 0.29) is 23.4 Å². The molecule has 3 rings (SSSR count). The van der Waals surface area contributed by atoms with Crippen molar-refractivity contribution in [3.05, 3.63) is 83.4 Å². The molecular weight excluding hydrogens is 444 g/mol. The van der Waals surface area contributed by atoms with Gasteiger partial charge < -0.3 is 10.4 Å². The van der Waals surface area contributed by atoms with Crippen molar-refractivity contribution in [2.75, 3.05) is 5.32 Å². The number of alkyl halides is 6. The minimum Gasteiger partial charge on any atom is -0.508 e. The zero-order valence-corrected chi connectivity index (χ0v) is 16.2. The Bertz CT molecular complexity index is 1080. The van der Waals surface area contributed by atoms with Crippen LogP contribution in [0.4, 0.5) is 32.0 Å². The summed E-state index contributed by atoms with van der Waals surface area (Å²) in [5.74, 6) is -0.879. The number of aromatic hydroxyl groups is 1. The first-order valence-electron chi connectivity index (χ1n) is 8.60. The Labute approximate surface area is 176 Å². The SMILES string of the molecule is O=C(Nc1cc(C(F)(F)F)ccc1C(F)(F)F)c1ccc(Sc2ccc(O)cc2)cc1. The van der Waals surface area contributed by atoms with Crippen LogP contribution in [0.2, 0.25) is 0 Å². The largest absolute Gasteiger partial charge is 0.508 e. The third-order valence-electron chi connectivity index (χ3n) is 4.09. The van der Waals surface area contributed by atoms with E-state index >= 15 is 0 Å². The molecule has 0 radical (unpaired) electrons. The van der Waals surface area contributed by atoms with Crippen LogP contribution in [-0.2, 0) is 12.4 Å². The van der Waals surface area contributed by atoms with Crippen LogP contribution in [0.15, 0.2) is 76.5 Å². The van der Waals surface area contributed by atoms with Crippen molar-refractivity contribution < 1.29 is 36.2 Å². The number of phenolic OH excluding ortho intramolecular Hbond substituents is 1. The molecule has 0 aromatic heterocycles. The first kappa shape index (κ1) is 22.5. The van der Waals surface area contributed by atoms with Gasteiger partial charge in [0.2, 0.25) is 0 Å². The second-order valence-corrected chi connectivity index (χ2v) is 7.48. The first-order chi connectivity index (χ1) is 14.4. The lowest BCUT2D eigenvalue weighted by atomic mass is 10.1. The fourth-order valence-corrected chi connectivity index (χ4v) is 3.41. The summed E-state index contributed by atoms with van der Waals surface area (Å²) < 4.78 is 78.2. The number of hydrogen-bond donors (Lipinski definition) is 2. The summed E-state index contributed by atoms with van der Waals surface area (Å²) in [5.41, 5.74) is -3.69. The quantitative estimate of drug-likeness (QED) is 0.422. The van der Waals surface area contributed by atoms with E-state index in [4.69, 9.17) is 0 Å². The predicted molar refractivity (Wildman–Crippen MR) is 103 cm³/mol. The summed E-state index contributed by atoms with van der Waals surface area (Å²) in [6, 6.07) is 13.0. The monoisotopic (exact) mass is 457 g/mol. The minimum atomic E-state index is -4.95. The summed E-state index contributed by atoms with van der Waals surface area (Å²) in [5, 5.41) is 11.2. The number of carbonyl (C=O) groups is 1. The van der Waals surface area contributed by atoms with Crippen molar-refractivity contribution in [3.63, 3.8) is 0 Å². The number of phenols is 1. The lowest BCUT2D eigenvalue weighted by molar-refractivity contribution is -0.140. The molecule has 0 saturated heterocycles. The topological polar surface area (TPSA) is 49.3 Å². The van der Waals surface area contributed by atoms with Crippen molar-refractivity contribution in [1.82, 2.24) is 0 Å². The summed E-state index contributed by atoms with van der Waals surface area (Å²) in [7, 11) is 0. The molecule has 0 aliphatic heterocycles. The van der Waals surface area contributed by atoms with E-state index in [0.717, 1.165) is 4.90 Å². The van der Waals surface area contributed by atoms with Crippen LogP contribution < -0.4 is 5.32 Å². The van der Waals surface area contributed by atoms with E-state index in [1.165, 1.54) is 36.0 Å². The second-order valence-electron chi connectivity index (χ2n) is 6.33. The number of hydrogen-bond acceptors (Lipinski definition) is 3. The Balaban J connectivity index is 1.81. The lowest BCUT2D eigenvalue weighted by Crippen LogP contribution is -2.18. The van der Waals surface area contributed by atoms with Crippen LogP contribution in [0, 0.1) is 0 Å². The minimum absolute atomic E-state index is 0.0272. The van der Waals surface area contributed by atoms with Gasteiger partial charge in [-0.05, 0) is 66.7 Å². The summed E-state index contributed by atoms with van der Waals surface area (Å²) in [6.07, 6.45) is -9.81. The fraction of sp³-hybridized carbons (Fsp3) is 0.0952. The van der Waals surface area contributed by atoms with Crippen LogP contribution in [0.5, 0.6) is 5.75 Å². The van der Waals surface area contributed by atoms with Crippen LogP contribution in [0.25, 0.3) is 0 Å². The molecule has 0 atom stereocenters. The molecule has 0 unspecified atom stereocenters. The lowest BCUT2D eigenvalue weighted by Gasteiger charge is -2.16. The maximum absolute atomic E-state index is 13.2. The van der Waals surface area contributed by atoms with E-state index in [2.05, 4.69) is 0 Å². The van der Waals surface area contributed by atoms with Crippen LogP contribution >= 0.6 is 11.8 Å². The first-order valence-corrected chi connectivity index (χ1v) is 9.42. The molecule has 0 spiro atoms.